The van der Waals surface area contributed by atoms with Crippen LogP contribution in [0.5, 0.6) is 17.2 Å². The Morgan fingerprint density at radius 2 is 1.78 bits per heavy atom. The molecule has 32 heavy (non-hydrogen) atoms. The maximum Gasteiger partial charge on any atom is 0.332 e. The molecule has 0 spiro atoms. The second kappa shape index (κ2) is 8.70. The highest BCUT2D eigenvalue weighted by atomic mass is 19.2. The van der Waals surface area contributed by atoms with Crippen molar-refractivity contribution in [2.45, 2.75) is 30.4 Å². The van der Waals surface area contributed by atoms with Gasteiger partial charge in [0.1, 0.15) is 18.3 Å². The topological polar surface area (TPSA) is 170 Å². The number of halogens is 1. The Labute approximate surface area is 179 Å². The van der Waals surface area contributed by atoms with E-state index in [4.69, 9.17) is 18.9 Å². The molecule has 1 fully saturated rings. The summed E-state index contributed by atoms with van der Waals surface area (Å²) in [7, 11) is 3.96. The van der Waals surface area contributed by atoms with Crippen molar-refractivity contribution in [1.29, 1.82) is 0 Å². The van der Waals surface area contributed by atoms with E-state index in [1.54, 1.807) is 4.98 Å². The highest BCUT2D eigenvalue weighted by Gasteiger charge is 2.60. The third kappa shape index (κ3) is 3.75. The number of ketones is 1. The third-order valence-corrected chi connectivity index (χ3v) is 5.01. The third-order valence-electron chi connectivity index (χ3n) is 5.01. The van der Waals surface area contributed by atoms with Gasteiger partial charge in [-0.2, -0.15) is 4.39 Å². The van der Waals surface area contributed by atoms with Crippen molar-refractivity contribution in [2.75, 3.05) is 21.3 Å². The molecule has 174 valence electrons. The van der Waals surface area contributed by atoms with Crippen LogP contribution in [0.1, 0.15) is 10.4 Å². The predicted molar refractivity (Wildman–Crippen MR) is 104 cm³/mol. The van der Waals surface area contributed by atoms with E-state index in [0.29, 0.717) is 6.20 Å². The lowest BCUT2D eigenvalue weighted by molar-refractivity contribution is -0.243. The average molecular weight is 456 g/mol. The Kier molecular flexibility index (Phi) is 6.37. The molecule has 0 radical (unpaired) electrons. The summed E-state index contributed by atoms with van der Waals surface area (Å²) < 4.78 is 36.0. The average Bonchev–Trinajstić information content (AvgIpc) is 3.01. The normalized spacial score (nSPS) is 25.9. The lowest BCUT2D eigenvalue weighted by Crippen LogP contribution is -2.48. The van der Waals surface area contributed by atoms with Gasteiger partial charge in [0, 0.05) is 17.8 Å². The lowest BCUT2D eigenvalue weighted by atomic mass is 9.97. The minimum Gasteiger partial charge on any atom is -0.493 e. The second-order valence-electron chi connectivity index (χ2n) is 6.83. The molecule has 1 aliphatic rings. The number of nitrogens with one attached hydrogen (secondary N) is 1. The Morgan fingerprint density at radius 3 is 2.28 bits per heavy atom. The van der Waals surface area contributed by atoms with Gasteiger partial charge in [-0.3, -0.25) is 14.6 Å². The number of nitrogens with zero attached hydrogens (tertiary/aromatic N) is 1. The molecule has 0 aliphatic carbocycles. The van der Waals surface area contributed by atoms with Crippen molar-refractivity contribution in [3.63, 3.8) is 0 Å². The molecule has 5 atom stereocenters. The van der Waals surface area contributed by atoms with Crippen molar-refractivity contribution in [2.24, 2.45) is 0 Å². The summed E-state index contributed by atoms with van der Waals surface area (Å²) in [6.07, 6.45) is -7.93. The van der Waals surface area contributed by atoms with Gasteiger partial charge in [-0.15, -0.1) is 0 Å². The molecule has 2 heterocycles. The molecule has 0 amide bonds. The number of hydrogen-bond donors (Lipinski definition) is 4. The Balaban J connectivity index is 1.96. The number of aliphatic hydroxyl groups is 3. The van der Waals surface area contributed by atoms with Crippen LogP contribution in [0, 0.1) is 0 Å². The molecule has 3 rings (SSSR count). The first-order chi connectivity index (χ1) is 15.1. The first-order valence-electron chi connectivity index (χ1n) is 9.16. The van der Waals surface area contributed by atoms with Crippen LogP contribution < -0.4 is 25.5 Å². The standard InChI is InChI=1S/C19H21FN2O10/c1-29-9-6-8(7-10(30-2)15(9)31-3)12(24)13(25)16-14(26)17(27)19(20,32-16)22-5-4-11(23)21-18(22)28/h4-7,13-14,16-17,25-27H,1-3H3,(H,21,23,28)/t13?,14-,16-,17-,19+/m1/s1. The van der Waals surface area contributed by atoms with Crippen LogP contribution in [0.2, 0.25) is 0 Å². The molecule has 0 bridgehead atoms. The Morgan fingerprint density at radius 1 is 1.19 bits per heavy atom. The predicted octanol–water partition coefficient (Wildman–Crippen LogP) is -1.49. The second-order valence-corrected chi connectivity index (χ2v) is 6.83. The number of carbonyl (C=O) groups is 1. The van der Waals surface area contributed by atoms with Crippen LogP contribution in [0.4, 0.5) is 4.39 Å². The zero-order valence-electron chi connectivity index (χ0n) is 17.1. The first kappa shape index (κ1) is 23.4. The summed E-state index contributed by atoms with van der Waals surface area (Å²) in [5, 5.41) is 31.0. The number of H-pyrrole nitrogens is 1. The molecule has 12 nitrogen and oxygen atoms in total. The molecule has 1 aromatic heterocycles. The van der Waals surface area contributed by atoms with Crippen LogP contribution in [0.25, 0.3) is 0 Å². The van der Waals surface area contributed by atoms with E-state index in [9.17, 15) is 29.7 Å². The van der Waals surface area contributed by atoms with Crippen molar-refractivity contribution in [3.8, 4) is 17.2 Å². The highest BCUT2D eigenvalue weighted by Crippen LogP contribution is 2.40. The molecular formula is C19H21FN2O10. The largest absolute Gasteiger partial charge is 0.493 e. The molecular weight excluding hydrogens is 435 g/mol. The molecule has 13 heteroatoms. The summed E-state index contributed by atoms with van der Waals surface area (Å²) >= 11 is 0. The van der Waals surface area contributed by atoms with E-state index in [0.717, 1.165) is 6.07 Å². The monoisotopic (exact) mass is 456 g/mol. The maximum atomic E-state index is 15.4. The van der Waals surface area contributed by atoms with E-state index in [1.165, 1.54) is 33.5 Å². The van der Waals surface area contributed by atoms with E-state index >= 15 is 4.39 Å². The summed E-state index contributed by atoms with van der Waals surface area (Å²) in [6.45, 7) is 0. The summed E-state index contributed by atoms with van der Waals surface area (Å²) in [4.78, 5) is 37.8. The van der Waals surface area contributed by atoms with Crippen molar-refractivity contribution < 1.29 is 43.5 Å². The number of alkyl halides is 1. The van der Waals surface area contributed by atoms with E-state index in [1.807, 2.05) is 0 Å². The van der Waals surface area contributed by atoms with Crippen LogP contribution in [-0.2, 0) is 10.7 Å². The number of Topliss-reactive ketones (excluding diaryl/α,β-unsaturated/α-hetero) is 1. The zero-order chi connectivity index (χ0) is 23.8. The number of hydrogen-bond acceptors (Lipinski definition) is 10. The minimum absolute atomic E-state index is 0.0925. The van der Waals surface area contributed by atoms with Gasteiger partial charge in [-0.25, -0.2) is 9.36 Å². The van der Waals surface area contributed by atoms with Crippen LogP contribution in [-0.4, -0.2) is 76.4 Å². The van der Waals surface area contributed by atoms with Gasteiger partial charge in [-0.1, -0.05) is 0 Å². The van der Waals surface area contributed by atoms with Crippen molar-refractivity contribution in [3.05, 3.63) is 50.8 Å². The minimum atomic E-state index is -3.37. The molecule has 0 saturated carbocycles. The number of aromatic nitrogens is 2. The van der Waals surface area contributed by atoms with Crippen molar-refractivity contribution in [1.82, 2.24) is 9.55 Å². The lowest BCUT2D eigenvalue weighted by Gasteiger charge is -2.25. The fourth-order valence-electron chi connectivity index (χ4n) is 3.37. The fraction of sp³-hybridized carbons (Fsp3) is 0.421. The molecule has 1 aromatic carbocycles. The van der Waals surface area contributed by atoms with Crippen LogP contribution in [0.3, 0.4) is 0 Å². The van der Waals surface area contributed by atoms with Crippen LogP contribution in [0.15, 0.2) is 34.0 Å². The van der Waals surface area contributed by atoms with Gasteiger partial charge >= 0.3 is 11.7 Å². The zero-order valence-corrected chi connectivity index (χ0v) is 17.1. The van der Waals surface area contributed by atoms with Gasteiger partial charge < -0.3 is 34.3 Å². The van der Waals surface area contributed by atoms with E-state index < -0.39 is 47.4 Å². The van der Waals surface area contributed by atoms with E-state index in [-0.39, 0.29) is 27.4 Å². The van der Waals surface area contributed by atoms with E-state index in [2.05, 4.69) is 0 Å². The molecule has 4 N–H and O–H groups in total. The Bertz CT molecular complexity index is 1110. The molecule has 2 aromatic rings. The maximum absolute atomic E-state index is 15.4. The Hall–Kier alpha value is -3.26. The number of rotatable bonds is 7. The highest BCUT2D eigenvalue weighted by molar-refractivity contribution is 6.01. The van der Waals surface area contributed by atoms with Gasteiger partial charge in [0.25, 0.3) is 5.56 Å². The number of ether oxygens (including phenoxy) is 4. The SMILES string of the molecule is COc1cc(C(=O)C(O)[C@H]2O[C@@](F)(n3ccc(=O)[nH]c3=O)[C@H](O)[C@@H]2O)cc(OC)c1OC. The number of aliphatic hydroxyl groups excluding tert-OH is 3. The van der Waals surface area contributed by atoms with Crippen molar-refractivity contribution >= 4 is 5.78 Å². The molecule has 1 aliphatic heterocycles. The van der Waals surface area contributed by atoms with Gasteiger partial charge in [0.2, 0.25) is 5.75 Å². The molecule has 1 unspecified atom stereocenters. The fourth-order valence-corrected chi connectivity index (χ4v) is 3.37. The summed E-state index contributed by atoms with van der Waals surface area (Å²) in [5.41, 5.74) is -2.27. The first-order valence-corrected chi connectivity index (χ1v) is 9.16. The smallest absolute Gasteiger partial charge is 0.332 e. The number of carbonyl (C=O) groups excluding carboxylic acids is 1. The summed E-state index contributed by atoms with van der Waals surface area (Å²) in [5.74, 6) is -4.04. The van der Waals surface area contributed by atoms with Crippen LogP contribution >= 0.6 is 0 Å². The quantitative estimate of drug-likeness (QED) is 0.360. The van der Waals surface area contributed by atoms with Gasteiger partial charge in [0.05, 0.1) is 21.3 Å². The van der Waals surface area contributed by atoms with Gasteiger partial charge in [0.15, 0.2) is 23.4 Å². The number of aromatic amines is 1. The molecule has 1 saturated heterocycles. The van der Waals surface area contributed by atoms with Gasteiger partial charge in [-0.05, 0) is 12.1 Å². The summed E-state index contributed by atoms with van der Waals surface area (Å²) in [6, 6.07) is 3.23. The number of benzene rings is 1. The number of methoxy groups -OCH3 is 3.